The molecule has 2 rings (SSSR count). The molecule has 9 heteroatoms. The van der Waals surface area contributed by atoms with Crippen molar-refractivity contribution in [2.45, 2.75) is 86.0 Å². The van der Waals surface area contributed by atoms with Gasteiger partial charge in [-0.1, -0.05) is 77.8 Å². The lowest BCUT2D eigenvalue weighted by Crippen LogP contribution is -2.34. The molecule has 0 saturated heterocycles. The topological polar surface area (TPSA) is 97.9 Å². The Morgan fingerprint density at radius 3 is 2.21 bits per heavy atom. The summed E-state index contributed by atoms with van der Waals surface area (Å²) in [5, 5.41) is 21.3. The second-order valence-corrected chi connectivity index (χ2v) is 11.4. The van der Waals surface area contributed by atoms with Crippen LogP contribution in [0.1, 0.15) is 101 Å². The predicted octanol–water partition coefficient (Wildman–Crippen LogP) is 9.70. The van der Waals surface area contributed by atoms with E-state index in [1.54, 1.807) is 0 Å². The summed E-state index contributed by atoms with van der Waals surface area (Å²) in [6.07, 6.45) is 10.1. The molecule has 2 aromatic rings. The van der Waals surface area contributed by atoms with E-state index in [4.69, 9.17) is 11.6 Å². The summed E-state index contributed by atoms with van der Waals surface area (Å²) in [5.74, 6) is 0.980. The number of anilines is 2. The van der Waals surface area contributed by atoms with Gasteiger partial charge in [0.25, 0.3) is 0 Å². The highest BCUT2D eigenvalue weighted by molar-refractivity contribution is 7.18. The summed E-state index contributed by atoms with van der Waals surface area (Å²) in [4.78, 5) is 26.1. The predicted molar refractivity (Wildman–Crippen MR) is 163 cm³/mol. The number of benzene rings is 1. The first-order chi connectivity index (χ1) is 18.8. The van der Waals surface area contributed by atoms with Crippen LogP contribution >= 0.6 is 22.9 Å². The second-order valence-electron chi connectivity index (χ2n) is 10.0. The minimum Gasteiger partial charge on any atom is -0.371 e. The van der Waals surface area contributed by atoms with Gasteiger partial charge in [-0.2, -0.15) is 5.26 Å². The van der Waals surface area contributed by atoms with Gasteiger partial charge in [-0.15, -0.1) is 21.6 Å². The maximum absolute atomic E-state index is 12.1. The minimum absolute atomic E-state index is 0.0848. The number of halogens is 1. The lowest BCUT2D eigenvalue weighted by molar-refractivity contribution is -0.114. The Kier molecular flexibility index (Phi) is 14.2. The van der Waals surface area contributed by atoms with Crippen molar-refractivity contribution >= 4 is 57.2 Å². The Morgan fingerprint density at radius 1 is 1.10 bits per heavy atom. The fourth-order valence-electron chi connectivity index (χ4n) is 4.60. The molecule has 0 fully saturated rings. The number of nitrogens with one attached hydrogen (secondary N) is 1. The third-order valence-corrected chi connectivity index (χ3v) is 8.53. The molecular weight excluding hydrogens is 530 g/mol. The Labute approximate surface area is 242 Å². The molecule has 0 radical (unpaired) electrons. The van der Waals surface area contributed by atoms with Crippen LogP contribution in [0.4, 0.5) is 22.1 Å². The summed E-state index contributed by atoms with van der Waals surface area (Å²) in [7, 11) is 0. The number of rotatable bonds is 17. The van der Waals surface area contributed by atoms with E-state index in [1.165, 1.54) is 45.4 Å². The molecule has 212 valence electrons. The molecule has 7 nitrogen and oxygen atoms in total. The van der Waals surface area contributed by atoms with Crippen LogP contribution in [0.5, 0.6) is 0 Å². The maximum Gasteiger partial charge on any atom is 0.221 e. The lowest BCUT2D eigenvalue weighted by Gasteiger charge is -2.33. The van der Waals surface area contributed by atoms with Gasteiger partial charge in [-0.25, -0.2) is 0 Å². The van der Waals surface area contributed by atoms with Crippen LogP contribution in [0.25, 0.3) is 0 Å². The van der Waals surface area contributed by atoms with Crippen molar-refractivity contribution in [3.05, 3.63) is 33.7 Å². The van der Waals surface area contributed by atoms with E-state index in [0.717, 1.165) is 43.0 Å². The third kappa shape index (κ3) is 9.74. The number of nitriles is 1. The van der Waals surface area contributed by atoms with E-state index >= 15 is 0 Å². The highest BCUT2D eigenvalue weighted by atomic mass is 35.5. The van der Waals surface area contributed by atoms with Crippen LogP contribution in [0, 0.1) is 23.2 Å². The summed E-state index contributed by atoms with van der Waals surface area (Å²) >= 11 is 7.14. The first kappa shape index (κ1) is 32.5. The molecule has 0 bridgehead atoms. The number of hydrogen-bond donors (Lipinski definition) is 1. The highest BCUT2D eigenvalue weighted by Gasteiger charge is 2.20. The average molecular weight is 572 g/mol. The molecule has 1 aromatic heterocycles. The van der Waals surface area contributed by atoms with Gasteiger partial charge in [0, 0.05) is 25.7 Å². The number of thiophene rings is 1. The standard InChI is InChI=1S/C30H42ClN5O2S/c1-6-10-12-22(8-3)18-36(19-23(9-4)13-11-7-2)24-14-15-26(27(16-24)33-21(5)38)34-35-30-25(17-32)29(31)28(20-37)39-30/h14-16,20,22-23H,6-13,18-19H2,1-5H3,(H,33,38)/b35-34+. The quantitative estimate of drug-likeness (QED) is 0.151. The SMILES string of the molecule is CCCCC(CC)CN(CC(CC)CCCC)c1ccc(/N=N/c2sc(C=O)c(Cl)c2C#N)c(NC(C)=O)c1. The Bertz CT molecular complexity index is 1140. The van der Waals surface area contributed by atoms with Crippen LogP contribution in [0.2, 0.25) is 5.02 Å². The van der Waals surface area contributed by atoms with Gasteiger partial charge in [-0.05, 0) is 42.9 Å². The fourth-order valence-corrected chi connectivity index (χ4v) is 5.73. The van der Waals surface area contributed by atoms with Gasteiger partial charge in [0.05, 0.1) is 15.6 Å². The summed E-state index contributed by atoms with van der Waals surface area (Å²) in [5.41, 5.74) is 2.18. The van der Waals surface area contributed by atoms with Crippen molar-refractivity contribution in [3.63, 3.8) is 0 Å². The van der Waals surface area contributed by atoms with Gasteiger partial charge in [-0.3, -0.25) is 9.59 Å². The number of amides is 1. The molecular formula is C30H42ClN5O2S. The molecule has 0 spiro atoms. The van der Waals surface area contributed by atoms with Gasteiger partial charge in [0.2, 0.25) is 5.91 Å². The van der Waals surface area contributed by atoms with E-state index in [9.17, 15) is 14.9 Å². The van der Waals surface area contributed by atoms with Crippen LogP contribution in [-0.4, -0.2) is 25.3 Å². The molecule has 39 heavy (non-hydrogen) atoms. The number of aldehydes is 1. The summed E-state index contributed by atoms with van der Waals surface area (Å²) in [6.45, 7) is 12.4. The maximum atomic E-state index is 12.1. The molecule has 2 atom stereocenters. The number of carbonyl (C=O) groups is 2. The van der Waals surface area contributed by atoms with Gasteiger partial charge in [0.1, 0.15) is 17.3 Å². The van der Waals surface area contributed by atoms with Crippen LogP contribution < -0.4 is 10.2 Å². The zero-order valence-corrected chi connectivity index (χ0v) is 25.5. The largest absolute Gasteiger partial charge is 0.371 e. The summed E-state index contributed by atoms with van der Waals surface area (Å²) < 4.78 is 0. The van der Waals surface area contributed by atoms with Crippen molar-refractivity contribution < 1.29 is 9.59 Å². The molecule has 1 heterocycles. The zero-order valence-electron chi connectivity index (χ0n) is 23.9. The Balaban J connectivity index is 2.47. The molecule has 2 unspecified atom stereocenters. The van der Waals surface area contributed by atoms with Crippen molar-refractivity contribution in [3.8, 4) is 6.07 Å². The molecule has 1 aromatic carbocycles. The number of carbonyl (C=O) groups excluding carboxylic acids is 2. The number of unbranched alkanes of at least 4 members (excludes halogenated alkanes) is 2. The van der Waals surface area contributed by atoms with Crippen LogP contribution in [0.3, 0.4) is 0 Å². The van der Waals surface area contributed by atoms with Gasteiger partial charge >= 0.3 is 0 Å². The number of hydrogen-bond acceptors (Lipinski definition) is 7. The Hall–Kier alpha value is -2.76. The second kappa shape index (κ2) is 17.0. The molecule has 0 aliphatic carbocycles. The normalized spacial score (nSPS) is 12.7. The average Bonchev–Trinajstić information content (AvgIpc) is 3.25. The van der Waals surface area contributed by atoms with Crippen LogP contribution in [0.15, 0.2) is 28.4 Å². The summed E-state index contributed by atoms with van der Waals surface area (Å²) in [6, 6.07) is 7.84. The fraction of sp³-hybridized carbons (Fsp3) is 0.567. The first-order valence-corrected chi connectivity index (χ1v) is 15.3. The molecule has 0 aliphatic rings. The Morgan fingerprint density at radius 2 is 1.72 bits per heavy atom. The van der Waals surface area contributed by atoms with E-state index in [0.29, 0.717) is 29.5 Å². The smallest absolute Gasteiger partial charge is 0.221 e. The minimum atomic E-state index is -0.209. The van der Waals surface area contributed by atoms with Gasteiger partial charge in [0.15, 0.2) is 11.3 Å². The highest BCUT2D eigenvalue weighted by Crippen LogP contribution is 2.40. The third-order valence-electron chi connectivity index (χ3n) is 7.02. The zero-order chi connectivity index (χ0) is 28.8. The molecule has 0 aliphatic heterocycles. The molecule has 0 saturated carbocycles. The van der Waals surface area contributed by atoms with Gasteiger partial charge < -0.3 is 10.2 Å². The number of nitrogens with zero attached hydrogens (tertiary/aromatic N) is 4. The van der Waals surface area contributed by atoms with Crippen molar-refractivity contribution in [1.82, 2.24) is 0 Å². The van der Waals surface area contributed by atoms with E-state index in [2.05, 4.69) is 48.1 Å². The van der Waals surface area contributed by atoms with E-state index < -0.39 is 0 Å². The molecule has 1 amide bonds. The van der Waals surface area contributed by atoms with E-state index in [1.807, 2.05) is 24.3 Å². The lowest BCUT2D eigenvalue weighted by atomic mass is 9.95. The number of azo groups is 1. The monoisotopic (exact) mass is 571 g/mol. The molecule has 1 N–H and O–H groups in total. The van der Waals surface area contributed by atoms with Crippen molar-refractivity contribution in [2.75, 3.05) is 23.3 Å². The van der Waals surface area contributed by atoms with Crippen LogP contribution in [-0.2, 0) is 4.79 Å². The van der Waals surface area contributed by atoms with E-state index in [-0.39, 0.29) is 26.4 Å². The van der Waals surface area contributed by atoms with Crippen molar-refractivity contribution in [1.29, 1.82) is 5.26 Å². The van der Waals surface area contributed by atoms with Crippen molar-refractivity contribution in [2.24, 2.45) is 22.1 Å². The first-order valence-electron chi connectivity index (χ1n) is 14.1.